The van der Waals surface area contributed by atoms with E-state index in [9.17, 15) is 4.79 Å². The standard InChI is InChI=1S/C10H20N2O3/c1-10(2)9(14)12(4-3-11-10)5-7-15-8-6-13/h11,13H,3-8H2,1-2H3. The van der Waals surface area contributed by atoms with Gasteiger partial charge >= 0.3 is 0 Å². The number of carbonyl (C=O) groups is 1. The van der Waals surface area contributed by atoms with Crippen LogP contribution in [-0.4, -0.2) is 60.9 Å². The SMILES string of the molecule is CC1(C)NCCN(CCOCCO)C1=O. The molecule has 1 amide bonds. The number of hydrogen-bond acceptors (Lipinski definition) is 4. The van der Waals surface area contributed by atoms with Crippen molar-refractivity contribution in [3.05, 3.63) is 0 Å². The van der Waals surface area contributed by atoms with Crippen LogP contribution >= 0.6 is 0 Å². The quantitative estimate of drug-likeness (QED) is 0.591. The lowest BCUT2D eigenvalue weighted by Gasteiger charge is -2.38. The minimum absolute atomic E-state index is 0.0288. The van der Waals surface area contributed by atoms with Crippen molar-refractivity contribution in [1.82, 2.24) is 10.2 Å². The highest BCUT2D eigenvalue weighted by Gasteiger charge is 2.34. The molecule has 0 spiro atoms. The third-order valence-corrected chi connectivity index (χ3v) is 2.51. The molecule has 5 heteroatoms. The molecule has 0 aromatic heterocycles. The predicted molar refractivity (Wildman–Crippen MR) is 56.6 cm³/mol. The fourth-order valence-electron chi connectivity index (χ4n) is 1.63. The van der Waals surface area contributed by atoms with Crippen LogP contribution in [0, 0.1) is 0 Å². The first-order valence-corrected chi connectivity index (χ1v) is 5.31. The zero-order chi connectivity index (χ0) is 11.3. The second-order valence-corrected chi connectivity index (χ2v) is 4.18. The molecule has 0 unspecified atom stereocenters. The summed E-state index contributed by atoms with van der Waals surface area (Å²) >= 11 is 0. The van der Waals surface area contributed by atoms with E-state index in [1.54, 1.807) is 4.90 Å². The Labute approximate surface area is 90.4 Å². The van der Waals surface area contributed by atoms with Gasteiger partial charge in [-0.3, -0.25) is 4.79 Å². The Morgan fingerprint density at radius 2 is 2.27 bits per heavy atom. The number of carbonyl (C=O) groups excluding carboxylic acids is 1. The van der Waals surface area contributed by atoms with Crippen molar-refractivity contribution < 1.29 is 14.6 Å². The largest absolute Gasteiger partial charge is 0.394 e. The highest BCUT2D eigenvalue weighted by molar-refractivity contribution is 5.86. The fourth-order valence-corrected chi connectivity index (χ4v) is 1.63. The number of aliphatic hydroxyl groups is 1. The van der Waals surface area contributed by atoms with Crippen LogP contribution in [0.15, 0.2) is 0 Å². The molecule has 0 aromatic carbocycles. The number of piperazine rings is 1. The van der Waals surface area contributed by atoms with E-state index in [4.69, 9.17) is 9.84 Å². The molecule has 1 rings (SSSR count). The van der Waals surface area contributed by atoms with Crippen LogP contribution in [0.2, 0.25) is 0 Å². The normalized spacial score (nSPS) is 20.7. The third kappa shape index (κ3) is 3.44. The molecule has 1 fully saturated rings. The minimum atomic E-state index is -0.463. The number of ether oxygens (including phenoxy) is 1. The minimum Gasteiger partial charge on any atom is -0.394 e. The fraction of sp³-hybridized carbons (Fsp3) is 0.900. The molecule has 88 valence electrons. The van der Waals surface area contributed by atoms with Gasteiger partial charge in [-0.2, -0.15) is 0 Å². The molecule has 0 saturated carbocycles. The van der Waals surface area contributed by atoms with Crippen molar-refractivity contribution in [3.8, 4) is 0 Å². The molecule has 0 atom stereocenters. The van der Waals surface area contributed by atoms with Crippen molar-refractivity contribution in [2.75, 3.05) is 39.5 Å². The van der Waals surface area contributed by atoms with Gasteiger partial charge in [0.2, 0.25) is 5.91 Å². The number of nitrogens with one attached hydrogen (secondary N) is 1. The monoisotopic (exact) mass is 216 g/mol. The summed E-state index contributed by atoms with van der Waals surface area (Å²) in [5, 5.41) is 11.7. The summed E-state index contributed by atoms with van der Waals surface area (Å²) in [6.45, 7) is 6.77. The van der Waals surface area contributed by atoms with E-state index in [1.165, 1.54) is 0 Å². The maximum atomic E-state index is 11.9. The first-order valence-electron chi connectivity index (χ1n) is 5.31. The molecule has 1 saturated heterocycles. The molecule has 15 heavy (non-hydrogen) atoms. The zero-order valence-electron chi connectivity index (χ0n) is 9.45. The van der Waals surface area contributed by atoms with Crippen molar-refractivity contribution in [3.63, 3.8) is 0 Å². The molecule has 1 heterocycles. The van der Waals surface area contributed by atoms with E-state index < -0.39 is 5.54 Å². The average Bonchev–Trinajstić information content (AvgIpc) is 2.19. The maximum absolute atomic E-state index is 11.9. The smallest absolute Gasteiger partial charge is 0.242 e. The second kappa shape index (κ2) is 5.44. The lowest BCUT2D eigenvalue weighted by molar-refractivity contribution is -0.140. The summed E-state index contributed by atoms with van der Waals surface area (Å²) in [5.41, 5.74) is -0.463. The van der Waals surface area contributed by atoms with Gasteiger partial charge in [-0.1, -0.05) is 0 Å². The molecular weight excluding hydrogens is 196 g/mol. The highest BCUT2D eigenvalue weighted by Crippen LogP contribution is 2.11. The van der Waals surface area contributed by atoms with Crippen molar-refractivity contribution in [2.24, 2.45) is 0 Å². The molecule has 5 nitrogen and oxygen atoms in total. The van der Waals surface area contributed by atoms with Crippen molar-refractivity contribution in [1.29, 1.82) is 0 Å². The van der Waals surface area contributed by atoms with Crippen LogP contribution in [-0.2, 0) is 9.53 Å². The van der Waals surface area contributed by atoms with Gasteiger partial charge in [0, 0.05) is 19.6 Å². The Kier molecular flexibility index (Phi) is 4.50. The Bertz CT molecular complexity index is 219. The summed E-state index contributed by atoms with van der Waals surface area (Å²) in [6, 6.07) is 0. The Morgan fingerprint density at radius 3 is 2.93 bits per heavy atom. The Balaban J connectivity index is 2.32. The number of rotatable bonds is 5. The van der Waals surface area contributed by atoms with Gasteiger partial charge < -0.3 is 20.1 Å². The first-order chi connectivity index (χ1) is 7.08. The lowest BCUT2D eigenvalue weighted by Crippen LogP contribution is -2.61. The van der Waals surface area contributed by atoms with E-state index in [2.05, 4.69) is 5.32 Å². The van der Waals surface area contributed by atoms with E-state index in [-0.39, 0.29) is 12.5 Å². The zero-order valence-corrected chi connectivity index (χ0v) is 9.45. The first kappa shape index (κ1) is 12.4. The Morgan fingerprint density at radius 1 is 1.53 bits per heavy atom. The van der Waals surface area contributed by atoms with Crippen LogP contribution < -0.4 is 5.32 Å². The van der Waals surface area contributed by atoms with Crippen LogP contribution in [0.5, 0.6) is 0 Å². The van der Waals surface area contributed by atoms with Gasteiger partial charge in [0.1, 0.15) is 0 Å². The van der Waals surface area contributed by atoms with Gasteiger partial charge in [0.15, 0.2) is 0 Å². The predicted octanol–water partition coefficient (Wildman–Crippen LogP) is -0.794. The molecule has 2 N–H and O–H groups in total. The van der Waals surface area contributed by atoms with Crippen molar-refractivity contribution in [2.45, 2.75) is 19.4 Å². The van der Waals surface area contributed by atoms with Crippen LogP contribution in [0.3, 0.4) is 0 Å². The summed E-state index contributed by atoms with van der Waals surface area (Å²) in [4.78, 5) is 13.7. The van der Waals surface area contributed by atoms with E-state index in [0.29, 0.717) is 19.8 Å². The second-order valence-electron chi connectivity index (χ2n) is 4.18. The van der Waals surface area contributed by atoms with E-state index in [1.807, 2.05) is 13.8 Å². The van der Waals surface area contributed by atoms with Gasteiger partial charge in [0.25, 0.3) is 0 Å². The van der Waals surface area contributed by atoms with E-state index in [0.717, 1.165) is 13.1 Å². The highest BCUT2D eigenvalue weighted by atomic mass is 16.5. The molecule has 0 aromatic rings. The Hall–Kier alpha value is -0.650. The molecule has 0 bridgehead atoms. The molecule has 0 radical (unpaired) electrons. The summed E-state index contributed by atoms with van der Waals surface area (Å²) in [7, 11) is 0. The number of aliphatic hydroxyl groups excluding tert-OH is 1. The maximum Gasteiger partial charge on any atom is 0.242 e. The average molecular weight is 216 g/mol. The van der Waals surface area contributed by atoms with Crippen LogP contribution in [0.4, 0.5) is 0 Å². The summed E-state index contributed by atoms with van der Waals surface area (Å²) in [6.07, 6.45) is 0. The van der Waals surface area contributed by atoms with Gasteiger partial charge in [-0.05, 0) is 13.8 Å². The molecule has 1 aliphatic rings. The van der Waals surface area contributed by atoms with Crippen LogP contribution in [0.1, 0.15) is 13.8 Å². The lowest BCUT2D eigenvalue weighted by atomic mass is 10.0. The van der Waals surface area contributed by atoms with Crippen molar-refractivity contribution >= 4 is 5.91 Å². The topological polar surface area (TPSA) is 61.8 Å². The van der Waals surface area contributed by atoms with Gasteiger partial charge in [0.05, 0.1) is 25.4 Å². The summed E-state index contributed by atoms with van der Waals surface area (Å²) < 4.78 is 5.14. The molecule has 0 aliphatic carbocycles. The van der Waals surface area contributed by atoms with E-state index >= 15 is 0 Å². The molecule has 1 aliphatic heterocycles. The number of amides is 1. The third-order valence-electron chi connectivity index (χ3n) is 2.51. The molecular formula is C10H20N2O3. The van der Waals surface area contributed by atoms with Crippen LogP contribution in [0.25, 0.3) is 0 Å². The van der Waals surface area contributed by atoms with Gasteiger partial charge in [-0.15, -0.1) is 0 Å². The van der Waals surface area contributed by atoms with Gasteiger partial charge in [-0.25, -0.2) is 0 Å². The summed E-state index contributed by atoms with van der Waals surface area (Å²) in [5.74, 6) is 0.112. The number of hydrogen-bond donors (Lipinski definition) is 2. The number of nitrogens with zero attached hydrogens (tertiary/aromatic N) is 1.